The highest BCUT2D eigenvalue weighted by Gasteiger charge is 2.25. The van der Waals surface area contributed by atoms with Crippen LogP contribution < -0.4 is 4.90 Å². The van der Waals surface area contributed by atoms with Crippen molar-refractivity contribution in [2.75, 3.05) is 4.90 Å². The summed E-state index contributed by atoms with van der Waals surface area (Å²) in [4.78, 5) is 2.47. The normalized spacial score (nSPS) is 12.2. The fraction of sp³-hybridized carbons (Fsp3) is 0.0833. The second kappa shape index (κ2) is 11.1. The van der Waals surface area contributed by atoms with Crippen LogP contribution in [0.1, 0.15) is 26.3 Å². The van der Waals surface area contributed by atoms with Crippen molar-refractivity contribution < 1.29 is 4.42 Å². The largest absolute Gasteiger partial charge is 0.455 e. The highest BCUT2D eigenvalue weighted by atomic mass is 16.3. The van der Waals surface area contributed by atoms with E-state index < -0.39 is 0 Å². The zero-order chi connectivity index (χ0) is 34.3. The van der Waals surface area contributed by atoms with Gasteiger partial charge in [-0.2, -0.15) is 0 Å². The maximum absolute atomic E-state index is 6.75. The molecule has 0 atom stereocenters. The van der Waals surface area contributed by atoms with Crippen LogP contribution in [-0.2, 0) is 5.41 Å². The third-order valence-corrected chi connectivity index (χ3v) is 10.5. The van der Waals surface area contributed by atoms with Crippen LogP contribution in [0.5, 0.6) is 0 Å². The lowest BCUT2D eigenvalue weighted by molar-refractivity contribution is 0.594. The molecule has 0 radical (unpaired) electrons. The summed E-state index contributed by atoms with van der Waals surface area (Å²) in [6.07, 6.45) is 0. The van der Waals surface area contributed by atoms with Crippen molar-refractivity contribution >= 4 is 82.4 Å². The number of rotatable bonds is 4. The van der Waals surface area contributed by atoms with Gasteiger partial charge >= 0.3 is 0 Å². The van der Waals surface area contributed by atoms with E-state index in [-0.39, 0.29) is 5.41 Å². The third kappa shape index (κ3) is 4.51. The van der Waals surface area contributed by atoms with Gasteiger partial charge in [-0.15, -0.1) is 0 Å². The Morgan fingerprint density at radius 1 is 0.490 bits per heavy atom. The average molecular weight is 657 g/mol. The number of para-hydroxylation sites is 2. The Morgan fingerprint density at radius 2 is 1.16 bits per heavy atom. The zero-order valence-corrected chi connectivity index (χ0v) is 28.9. The molecule has 0 N–H and O–H groups in total. The Morgan fingerprint density at radius 3 is 1.98 bits per heavy atom. The second-order valence-corrected chi connectivity index (χ2v) is 14.6. The molecule has 0 amide bonds. The summed E-state index contributed by atoms with van der Waals surface area (Å²) < 4.78 is 9.15. The molecule has 244 valence electrons. The summed E-state index contributed by atoms with van der Waals surface area (Å²) in [7, 11) is 0. The monoisotopic (exact) mass is 656 g/mol. The van der Waals surface area contributed by atoms with Crippen LogP contribution in [0, 0.1) is 0 Å². The van der Waals surface area contributed by atoms with Crippen molar-refractivity contribution in [2.24, 2.45) is 0 Å². The molecule has 8 aromatic carbocycles. The standard InChI is InChI=1S/C48H36N2O/c1-48(2,3)40-23-14-26-45-46(40)39-30-44(36-21-9-10-22-38(36)47(39)51-45)50(41-25-13-16-31-15-7-8-19-34(31)41)33-27-28-37-35-20-11-12-24-42(35)49(43(37)29-33)32-17-5-4-6-18-32/h4-30H,1-3H3. The molecule has 0 saturated carbocycles. The molecule has 0 unspecified atom stereocenters. The Bertz CT molecular complexity index is 2950. The minimum atomic E-state index is -0.0622. The molecule has 51 heavy (non-hydrogen) atoms. The number of anilines is 3. The van der Waals surface area contributed by atoms with Gasteiger partial charge in [-0.1, -0.05) is 136 Å². The van der Waals surface area contributed by atoms with Gasteiger partial charge in [0, 0.05) is 49.1 Å². The summed E-state index contributed by atoms with van der Waals surface area (Å²) in [5.41, 5.74) is 9.91. The Balaban J connectivity index is 1.35. The number of hydrogen-bond donors (Lipinski definition) is 0. The van der Waals surface area contributed by atoms with E-state index in [0.29, 0.717) is 0 Å². The molecule has 10 aromatic rings. The summed E-state index contributed by atoms with van der Waals surface area (Å²) in [5, 5.41) is 9.43. The van der Waals surface area contributed by atoms with E-state index in [4.69, 9.17) is 4.42 Å². The molecule has 2 heterocycles. The van der Waals surface area contributed by atoms with Crippen LogP contribution in [0.25, 0.3) is 71.0 Å². The van der Waals surface area contributed by atoms with Crippen molar-refractivity contribution in [3.05, 3.63) is 169 Å². The van der Waals surface area contributed by atoms with Gasteiger partial charge in [0.2, 0.25) is 0 Å². The fourth-order valence-electron chi connectivity index (χ4n) is 8.20. The molecule has 0 saturated heterocycles. The number of benzene rings is 8. The van der Waals surface area contributed by atoms with Gasteiger partial charge in [-0.3, -0.25) is 0 Å². The minimum absolute atomic E-state index is 0.0622. The van der Waals surface area contributed by atoms with Crippen LogP contribution in [0.3, 0.4) is 0 Å². The van der Waals surface area contributed by atoms with Crippen LogP contribution in [0.15, 0.2) is 168 Å². The Hall–Kier alpha value is -6.32. The van der Waals surface area contributed by atoms with Crippen LogP contribution in [0.4, 0.5) is 17.1 Å². The van der Waals surface area contributed by atoms with Gasteiger partial charge in [0.05, 0.1) is 22.4 Å². The third-order valence-electron chi connectivity index (χ3n) is 10.5. The van der Waals surface area contributed by atoms with Crippen LogP contribution in [0.2, 0.25) is 0 Å². The van der Waals surface area contributed by atoms with Gasteiger partial charge in [-0.05, 0) is 64.9 Å². The highest BCUT2D eigenvalue weighted by molar-refractivity contribution is 6.21. The van der Waals surface area contributed by atoms with Crippen molar-refractivity contribution in [1.29, 1.82) is 0 Å². The number of fused-ring (bicyclic) bond motifs is 9. The van der Waals surface area contributed by atoms with Gasteiger partial charge in [0.1, 0.15) is 11.2 Å². The summed E-state index contributed by atoms with van der Waals surface area (Å²) >= 11 is 0. The first-order chi connectivity index (χ1) is 25.0. The van der Waals surface area contributed by atoms with Crippen LogP contribution in [-0.4, -0.2) is 4.57 Å². The first kappa shape index (κ1) is 29.6. The molecule has 0 aliphatic heterocycles. The number of hydrogen-bond acceptors (Lipinski definition) is 2. The topological polar surface area (TPSA) is 21.3 Å². The van der Waals surface area contributed by atoms with Gasteiger partial charge in [-0.25, -0.2) is 0 Å². The van der Waals surface area contributed by atoms with Crippen molar-refractivity contribution in [3.63, 3.8) is 0 Å². The minimum Gasteiger partial charge on any atom is -0.455 e. The van der Waals surface area contributed by atoms with E-state index in [0.717, 1.165) is 50.1 Å². The van der Waals surface area contributed by atoms with Crippen molar-refractivity contribution in [1.82, 2.24) is 4.57 Å². The van der Waals surface area contributed by atoms with E-state index in [1.807, 2.05) is 0 Å². The molecular weight excluding hydrogens is 621 g/mol. The first-order valence-corrected chi connectivity index (χ1v) is 17.7. The molecule has 0 fully saturated rings. The first-order valence-electron chi connectivity index (χ1n) is 17.7. The predicted molar refractivity (Wildman–Crippen MR) is 216 cm³/mol. The SMILES string of the molecule is CC(C)(C)c1cccc2oc3c4ccccc4c(N(c4ccc5c6ccccc6n(-c6ccccc6)c5c4)c4cccc5ccccc45)cc3c12. The van der Waals surface area contributed by atoms with Crippen molar-refractivity contribution in [3.8, 4) is 5.69 Å². The van der Waals surface area contributed by atoms with Gasteiger partial charge in [0.15, 0.2) is 0 Å². The lowest BCUT2D eigenvalue weighted by Crippen LogP contribution is -2.12. The van der Waals surface area contributed by atoms with Gasteiger partial charge < -0.3 is 13.9 Å². The summed E-state index contributed by atoms with van der Waals surface area (Å²) in [6, 6.07) is 59.3. The molecule has 0 spiro atoms. The molecule has 10 rings (SSSR count). The Labute approximate surface area is 296 Å². The average Bonchev–Trinajstić information content (AvgIpc) is 3.71. The predicted octanol–water partition coefficient (Wildman–Crippen LogP) is 13.8. The number of furan rings is 1. The molecule has 3 heteroatoms. The van der Waals surface area contributed by atoms with E-state index >= 15 is 0 Å². The highest BCUT2D eigenvalue weighted by Crippen LogP contribution is 2.48. The maximum atomic E-state index is 6.75. The molecule has 0 bridgehead atoms. The molecule has 3 nitrogen and oxygen atoms in total. The molecule has 0 aliphatic carbocycles. The summed E-state index contributed by atoms with van der Waals surface area (Å²) in [6.45, 7) is 6.85. The second-order valence-electron chi connectivity index (χ2n) is 14.6. The van der Waals surface area contributed by atoms with Crippen molar-refractivity contribution in [2.45, 2.75) is 26.2 Å². The fourth-order valence-corrected chi connectivity index (χ4v) is 8.20. The molecule has 0 aliphatic rings. The van der Waals surface area contributed by atoms with Gasteiger partial charge in [0.25, 0.3) is 0 Å². The number of nitrogens with zero attached hydrogens (tertiary/aromatic N) is 2. The zero-order valence-electron chi connectivity index (χ0n) is 28.9. The smallest absolute Gasteiger partial charge is 0.143 e. The van der Waals surface area contributed by atoms with E-state index in [1.165, 1.54) is 43.5 Å². The lowest BCUT2D eigenvalue weighted by Gasteiger charge is -2.28. The molecule has 2 aromatic heterocycles. The van der Waals surface area contributed by atoms with Crippen LogP contribution >= 0.6 is 0 Å². The van der Waals surface area contributed by atoms with E-state index in [1.54, 1.807) is 0 Å². The Kier molecular flexibility index (Phi) is 6.44. The number of aromatic nitrogens is 1. The molecular formula is C48H36N2O. The van der Waals surface area contributed by atoms with E-state index in [9.17, 15) is 0 Å². The quantitative estimate of drug-likeness (QED) is 0.188. The lowest BCUT2D eigenvalue weighted by atomic mass is 9.84. The summed E-state index contributed by atoms with van der Waals surface area (Å²) in [5.74, 6) is 0. The van der Waals surface area contributed by atoms with E-state index in [2.05, 4.69) is 194 Å². The maximum Gasteiger partial charge on any atom is 0.143 e.